The molecule has 0 bridgehead atoms. The number of pyridine rings is 1. The van der Waals surface area contributed by atoms with Gasteiger partial charge in [0, 0.05) is 30.9 Å². The molecule has 0 aliphatic carbocycles. The van der Waals surface area contributed by atoms with E-state index in [0.717, 1.165) is 5.56 Å². The third-order valence-corrected chi connectivity index (χ3v) is 7.91. The number of hydrogen-bond donors (Lipinski definition) is 1. The van der Waals surface area contributed by atoms with Crippen LogP contribution in [-0.2, 0) is 15.9 Å². The van der Waals surface area contributed by atoms with Gasteiger partial charge in [0.25, 0.3) is 0 Å². The molecule has 2 saturated heterocycles. The van der Waals surface area contributed by atoms with Crippen LogP contribution in [0.15, 0.2) is 40.0 Å². The Morgan fingerprint density at radius 3 is 2.92 bits per heavy atom. The van der Waals surface area contributed by atoms with E-state index >= 15 is 4.39 Å². The second-order valence-electron chi connectivity index (χ2n) is 10.4. The highest BCUT2D eigenvalue weighted by Gasteiger charge is 2.53. The average Bonchev–Trinajstić information content (AvgIpc) is 3.48. The van der Waals surface area contributed by atoms with Gasteiger partial charge in [0.05, 0.1) is 48.2 Å². The van der Waals surface area contributed by atoms with Crippen LogP contribution in [0.25, 0.3) is 11.0 Å². The molecule has 1 amide bonds. The molecule has 6 heterocycles. The Morgan fingerprint density at radius 1 is 1.24 bits per heavy atom. The van der Waals surface area contributed by atoms with Gasteiger partial charge in [0.2, 0.25) is 5.58 Å². The van der Waals surface area contributed by atoms with Gasteiger partial charge in [-0.15, -0.1) is 0 Å². The number of nitrogens with one attached hydrogen (secondary N) is 1. The average molecular weight is 507 g/mol. The van der Waals surface area contributed by atoms with Crippen LogP contribution in [0.2, 0.25) is 0 Å². The largest absolute Gasteiger partial charge is 0.437 e. The summed E-state index contributed by atoms with van der Waals surface area (Å²) >= 11 is 0. The van der Waals surface area contributed by atoms with Gasteiger partial charge in [-0.05, 0) is 44.0 Å². The van der Waals surface area contributed by atoms with Crippen molar-refractivity contribution in [3.8, 4) is 0 Å². The van der Waals surface area contributed by atoms with Gasteiger partial charge < -0.3 is 18.9 Å². The Bertz CT molecular complexity index is 1410. The maximum Gasteiger partial charge on any atom is 0.416 e. The van der Waals surface area contributed by atoms with E-state index in [9.17, 15) is 4.79 Å². The van der Waals surface area contributed by atoms with Crippen molar-refractivity contribution in [1.82, 2.24) is 15.5 Å². The van der Waals surface area contributed by atoms with Crippen molar-refractivity contribution in [2.24, 2.45) is 10.4 Å². The molecule has 1 N–H and O–H groups in total. The Morgan fingerprint density at radius 2 is 2.14 bits per heavy atom. The lowest BCUT2D eigenvalue weighted by molar-refractivity contribution is -0.0522. The third-order valence-electron chi connectivity index (χ3n) is 7.91. The monoisotopic (exact) mass is 506 g/mol. The number of nitrogens with zero attached hydrogens (tertiary/aromatic N) is 5. The first kappa shape index (κ1) is 22.6. The van der Waals surface area contributed by atoms with Gasteiger partial charge in [-0.3, -0.25) is 20.2 Å². The molecular weight excluding hydrogens is 479 g/mol. The minimum Gasteiger partial charge on any atom is -0.437 e. The van der Waals surface area contributed by atoms with E-state index in [1.165, 1.54) is 4.90 Å². The molecule has 7 rings (SSSR count). The van der Waals surface area contributed by atoms with E-state index in [1.54, 1.807) is 18.3 Å². The summed E-state index contributed by atoms with van der Waals surface area (Å²) in [6.45, 7) is 6.07. The minimum atomic E-state index is -0.569. The highest BCUT2D eigenvalue weighted by molar-refractivity contribution is 6.01. The zero-order chi connectivity index (χ0) is 25.3. The molecule has 1 aromatic carbocycles. The fourth-order valence-electron chi connectivity index (χ4n) is 6.57. The number of carbonyl (C=O) groups is 1. The van der Waals surface area contributed by atoms with Crippen LogP contribution >= 0.6 is 0 Å². The van der Waals surface area contributed by atoms with Gasteiger partial charge >= 0.3 is 6.09 Å². The first-order valence-corrected chi connectivity index (χ1v) is 12.6. The molecule has 1 spiro atoms. The number of ether oxygens (including phenoxy) is 2. The number of anilines is 2. The second-order valence-corrected chi connectivity index (χ2v) is 10.4. The van der Waals surface area contributed by atoms with Crippen molar-refractivity contribution < 1.29 is 23.2 Å². The number of hydrogen-bond acceptors (Lipinski definition) is 9. The van der Waals surface area contributed by atoms with E-state index < -0.39 is 18.0 Å². The Hall–Kier alpha value is -3.57. The van der Waals surface area contributed by atoms with Crippen molar-refractivity contribution in [2.45, 2.75) is 44.6 Å². The second kappa shape index (κ2) is 8.22. The van der Waals surface area contributed by atoms with Gasteiger partial charge in [-0.2, -0.15) is 0 Å². The highest BCUT2D eigenvalue weighted by atomic mass is 19.1. The number of amides is 1. The van der Waals surface area contributed by atoms with Crippen LogP contribution in [0.3, 0.4) is 0 Å². The van der Waals surface area contributed by atoms with E-state index in [2.05, 4.69) is 25.3 Å². The maximum absolute atomic E-state index is 16.3. The molecule has 4 aliphatic heterocycles. The summed E-state index contributed by atoms with van der Waals surface area (Å²) < 4.78 is 33.6. The number of rotatable bonds is 2. The Balaban J connectivity index is 1.33. The summed E-state index contributed by atoms with van der Waals surface area (Å²) in [7, 11) is 0. The van der Waals surface area contributed by atoms with Crippen molar-refractivity contribution in [3.63, 3.8) is 0 Å². The lowest BCUT2D eigenvalue weighted by Crippen LogP contribution is -2.67. The fourth-order valence-corrected chi connectivity index (χ4v) is 6.57. The predicted octanol–water partition coefficient (Wildman–Crippen LogP) is 3.22. The van der Waals surface area contributed by atoms with Crippen LogP contribution in [0.4, 0.5) is 20.7 Å². The highest BCUT2D eigenvalue weighted by Crippen LogP contribution is 2.48. The number of fused-ring (bicyclic) bond motifs is 5. The first-order chi connectivity index (χ1) is 17.9. The van der Waals surface area contributed by atoms with Crippen LogP contribution in [-0.4, -0.2) is 67.0 Å². The summed E-state index contributed by atoms with van der Waals surface area (Å²) in [5, 5.41) is 7.97. The van der Waals surface area contributed by atoms with Crippen LogP contribution in [0.1, 0.15) is 31.2 Å². The quantitative estimate of drug-likeness (QED) is 0.565. The molecule has 0 saturated carbocycles. The molecule has 1 unspecified atom stereocenters. The van der Waals surface area contributed by atoms with Crippen molar-refractivity contribution in [3.05, 3.63) is 47.5 Å². The van der Waals surface area contributed by atoms with Gasteiger partial charge in [0.15, 0.2) is 17.7 Å². The molecule has 0 radical (unpaired) electrons. The maximum atomic E-state index is 16.3. The number of morpholine rings is 1. The van der Waals surface area contributed by atoms with E-state index in [4.69, 9.17) is 14.0 Å². The van der Waals surface area contributed by atoms with Gasteiger partial charge in [0.1, 0.15) is 0 Å². The lowest BCUT2D eigenvalue weighted by atomic mass is 9.68. The molecule has 3 aromatic rings. The number of aromatic nitrogens is 2. The number of aliphatic imine (C=N–C) groups is 1. The third kappa shape index (κ3) is 3.37. The van der Waals surface area contributed by atoms with E-state index in [0.29, 0.717) is 42.9 Å². The summed E-state index contributed by atoms with van der Waals surface area (Å²) in [5.41, 5.74) is 1.65. The van der Waals surface area contributed by atoms with E-state index in [-0.39, 0.29) is 41.6 Å². The molecule has 2 fully saturated rings. The van der Waals surface area contributed by atoms with Crippen molar-refractivity contribution in [1.29, 1.82) is 0 Å². The summed E-state index contributed by atoms with van der Waals surface area (Å²) in [4.78, 5) is 25.2. The van der Waals surface area contributed by atoms with E-state index in [1.807, 2.05) is 32.2 Å². The number of carbonyl (C=O) groups excluding carboxylic acids is 1. The van der Waals surface area contributed by atoms with Crippen LogP contribution in [0.5, 0.6) is 0 Å². The molecule has 2 aromatic heterocycles. The molecular formula is C26H27FN6O4. The SMILES string of the molecule is C[C@@H]1CN2c3c(cc4c(N5C[C@@H](c6ccccn6)OC5=O)noc4c3F)CC3(C=NCNC3)[C@H]2[C@H](C)O1. The van der Waals surface area contributed by atoms with Gasteiger partial charge in [-0.1, -0.05) is 11.2 Å². The molecule has 192 valence electrons. The lowest BCUT2D eigenvalue weighted by Gasteiger charge is -2.56. The Kier molecular flexibility index (Phi) is 5.02. The molecule has 10 nitrogen and oxygen atoms in total. The minimum absolute atomic E-state index is 0.0276. The summed E-state index contributed by atoms with van der Waals surface area (Å²) in [6, 6.07) is 7.26. The number of halogens is 1. The Labute approximate surface area is 212 Å². The van der Waals surface area contributed by atoms with Crippen LogP contribution < -0.4 is 15.1 Å². The molecule has 5 atom stereocenters. The predicted molar refractivity (Wildman–Crippen MR) is 133 cm³/mol. The molecule has 37 heavy (non-hydrogen) atoms. The topological polar surface area (TPSA) is 105 Å². The zero-order valence-corrected chi connectivity index (χ0v) is 20.6. The van der Waals surface area contributed by atoms with Gasteiger partial charge in [-0.25, -0.2) is 9.18 Å². The molecule has 4 aliphatic rings. The van der Waals surface area contributed by atoms with Crippen LogP contribution in [0, 0.1) is 11.2 Å². The number of cyclic esters (lactones) is 1. The normalized spacial score (nSPS) is 31.1. The standard InChI is InChI=1S/C26H27FN6O4/c1-14-9-32-21-16(8-26(11-28-13-29-12-26)23(32)15(2)35-14)7-17-22(20(21)27)37-31-24(17)33-10-19(36-25(33)34)18-5-3-4-6-30-18/h3-7,11,14-15,19,23,29H,8-10,12-13H2,1-2H3/t14-,15+,19+,23-,26?/m1/s1. The zero-order valence-electron chi connectivity index (χ0n) is 20.6. The van der Waals surface area contributed by atoms with Crippen molar-refractivity contribution >= 4 is 34.8 Å². The smallest absolute Gasteiger partial charge is 0.416 e. The summed E-state index contributed by atoms with van der Waals surface area (Å²) in [6.07, 6.45) is 2.94. The number of benzene rings is 1. The first-order valence-electron chi connectivity index (χ1n) is 12.6. The molecule has 11 heteroatoms. The summed E-state index contributed by atoms with van der Waals surface area (Å²) in [5.74, 6) is -0.225. The van der Waals surface area contributed by atoms with Crippen molar-refractivity contribution in [2.75, 3.05) is 36.1 Å². The fraction of sp³-hybridized carbons (Fsp3) is 0.462.